The van der Waals surface area contributed by atoms with Crippen LogP contribution in [-0.4, -0.2) is 12.3 Å². The largest absolute Gasteiger partial charge is 0.330 e. The summed E-state index contributed by atoms with van der Waals surface area (Å²) in [7, 11) is 0. The second-order valence-electron chi connectivity index (χ2n) is 5.49. The van der Waals surface area contributed by atoms with Crippen LogP contribution in [0.2, 0.25) is 0 Å². The van der Waals surface area contributed by atoms with Gasteiger partial charge >= 0.3 is 0 Å². The number of carbonyl (C=O) groups is 1. The van der Waals surface area contributed by atoms with Gasteiger partial charge in [-0.15, -0.1) is 0 Å². The topological polar surface area (TPSA) is 43.1 Å². The van der Waals surface area contributed by atoms with Crippen LogP contribution in [-0.2, 0) is 0 Å². The first-order chi connectivity index (χ1) is 7.94. The molecule has 0 radical (unpaired) electrons. The maximum absolute atomic E-state index is 12.0. The van der Waals surface area contributed by atoms with Crippen LogP contribution in [0.1, 0.15) is 49.0 Å². The molecule has 94 valence electrons. The summed E-state index contributed by atoms with van der Waals surface area (Å²) in [6, 6.07) is 7.79. The van der Waals surface area contributed by atoms with E-state index in [-0.39, 0.29) is 11.2 Å². The van der Waals surface area contributed by atoms with Gasteiger partial charge in [0, 0.05) is 12.0 Å². The first-order valence-electron chi connectivity index (χ1n) is 6.24. The SMILES string of the molecule is Cc1ccc(C(=O)CCC(C)(C)CCN)cc1. The molecule has 0 bridgehead atoms. The average Bonchev–Trinajstić information content (AvgIpc) is 2.27. The molecule has 0 spiro atoms. The smallest absolute Gasteiger partial charge is 0.162 e. The van der Waals surface area contributed by atoms with Crippen LogP contribution in [0.5, 0.6) is 0 Å². The minimum atomic E-state index is 0.162. The summed E-state index contributed by atoms with van der Waals surface area (Å²) in [5.74, 6) is 0.232. The number of carbonyl (C=O) groups excluding carboxylic acids is 1. The second kappa shape index (κ2) is 5.97. The number of Topliss-reactive ketones (excluding diaryl/α,β-unsaturated/α-hetero) is 1. The minimum Gasteiger partial charge on any atom is -0.330 e. The van der Waals surface area contributed by atoms with Crippen LogP contribution in [0.15, 0.2) is 24.3 Å². The fourth-order valence-corrected chi connectivity index (χ4v) is 1.85. The molecule has 17 heavy (non-hydrogen) atoms. The Bertz CT molecular complexity index is 365. The summed E-state index contributed by atoms with van der Waals surface area (Å²) in [5, 5.41) is 0. The second-order valence-corrected chi connectivity index (χ2v) is 5.49. The Morgan fingerprint density at radius 3 is 2.29 bits per heavy atom. The van der Waals surface area contributed by atoms with Gasteiger partial charge < -0.3 is 5.73 Å². The number of ketones is 1. The Kier molecular flexibility index (Phi) is 4.88. The standard InChI is InChI=1S/C15H23NO/c1-12-4-6-13(7-5-12)14(17)8-9-15(2,3)10-11-16/h4-7H,8-11,16H2,1-3H3. The Balaban J connectivity index is 2.53. The van der Waals surface area contributed by atoms with Gasteiger partial charge in [-0.05, 0) is 31.7 Å². The van der Waals surface area contributed by atoms with E-state index in [0.29, 0.717) is 13.0 Å². The molecule has 0 heterocycles. The lowest BCUT2D eigenvalue weighted by molar-refractivity contribution is 0.0961. The van der Waals surface area contributed by atoms with Gasteiger partial charge in [0.05, 0.1) is 0 Å². The number of nitrogens with two attached hydrogens (primary N) is 1. The Morgan fingerprint density at radius 1 is 1.18 bits per heavy atom. The third-order valence-corrected chi connectivity index (χ3v) is 3.22. The summed E-state index contributed by atoms with van der Waals surface area (Å²) in [4.78, 5) is 12.0. The fraction of sp³-hybridized carbons (Fsp3) is 0.533. The normalized spacial score (nSPS) is 11.5. The third-order valence-electron chi connectivity index (χ3n) is 3.22. The van der Waals surface area contributed by atoms with E-state index in [1.165, 1.54) is 5.56 Å². The molecule has 0 unspecified atom stereocenters. The molecular formula is C15H23NO. The zero-order valence-electron chi connectivity index (χ0n) is 11.1. The van der Waals surface area contributed by atoms with Crippen molar-refractivity contribution in [3.63, 3.8) is 0 Å². The number of hydrogen-bond acceptors (Lipinski definition) is 2. The number of benzene rings is 1. The third kappa shape index (κ3) is 4.70. The van der Waals surface area contributed by atoms with Gasteiger partial charge in [0.25, 0.3) is 0 Å². The summed E-state index contributed by atoms with van der Waals surface area (Å²) in [6.07, 6.45) is 2.47. The van der Waals surface area contributed by atoms with E-state index in [1.807, 2.05) is 31.2 Å². The molecule has 0 amide bonds. The van der Waals surface area contributed by atoms with Crippen LogP contribution >= 0.6 is 0 Å². The van der Waals surface area contributed by atoms with Gasteiger partial charge in [-0.2, -0.15) is 0 Å². The number of hydrogen-bond donors (Lipinski definition) is 1. The van der Waals surface area contributed by atoms with Crippen molar-refractivity contribution in [1.29, 1.82) is 0 Å². The number of aryl methyl sites for hydroxylation is 1. The lowest BCUT2D eigenvalue weighted by Crippen LogP contribution is -2.18. The van der Waals surface area contributed by atoms with Gasteiger partial charge in [-0.25, -0.2) is 0 Å². The van der Waals surface area contributed by atoms with Gasteiger partial charge in [-0.3, -0.25) is 4.79 Å². The molecule has 0 saturated heterocycles. The van der Waals surface area contributed by atoms with Crippen molar-refractivity contribution in [1.82, 2.24) is 0 Å². The maximum atomic E-state index is 12.0. The predicted octanol–water partition coefficient (Wildman–Crippen LogP) is 3.33. The molecule has 0 aliphatic heterocycles. The van der Waals surface area contributed by atoms with E-state index in [0.717, 1.165) is 18.4 Å². The van der Waals surface area contributed by atoms with Crippen LogP contribution < -0.4 is 5.73 Å². The lowest BCUT2D eigenvalue weighted by atomic mass is 9.83. The van der Waals surface area contributed by atoms with Gasteiger partial charge in [-0.1, -0.05) is 43.7 Å². The highest BCUT2D eigenvalue weighted by Crippen LogP contribution is 2.26. The van der Waals surface area contributed by atoms with Crippen molar-refractivity contribution in [2.45, 2.75) is 40.0 Å². The quantitative estimate of drug-likeness (QED) is 0.766. The van der Waals surface area contributed by atoms with Gasteiger partial charge in [0.2, 0.25) is 0 Å². The molecular weight excluding hydrogens is 210 g/mol. The molecule has 0 aromatic heterocycles. The summed E-state index contributed by atoms with van der Waals surface area (Å²) < 4.78 is 0. The maximum Gasteiger partial charge on any atom is 0.162 e. The van der Waals surface area contributed by atoms with Crippen molar-refractivity contribution < 1.29 is 4.79 Å². The van der Waals surface area contributed by atoms with E-state index in [9.17, 15) is 4.79 Å². The van der Waals surface area contributed by atoms with Crippen molar-refractivity contribution in [3.05, 3.63) is 35.4 Å². The Hall–Kier alpha value is -1.15. The van der Waals surface area contributed by atoms with E-state index < -0.39 is 0 Å². The highest BCUT2D eigenvalue weighted by atomic mass is 16.1. The monoisotopic (exact) mass is 233 g/mol. The van der Waals surface area contributed by atoms with Crippen molar-refractivity contribution in [2.75, 3.05) is 6.54 Å². The van der Waals surface area contributed by atoms with Crippen molar-refractivity contribution in [3.8, 4) is 0 Å². The molecule has 0 saturated carbocycles. The highest BCUT2D eigenvalue weighted by molar-refractivity contribution is 5.96. The molecule has 2 heteroatoms. The van der Waals surface area contributed by atoms with Crippen LogP contribution in [0.4, 0.5) is 0 Å². The molecule has 1 aromatic carbocycles. The number of rotatable bonds is 6. The van der Waals surface area contributed by atoms with Crippen LogP contribution in [0.3, 0.4) is 0 Å². The van der Waals surface area contributed by atoms with Crippen molar-refractivity contribution >= 4 is 5.78 Å². The molecule has 1 rings (SSSR count). The van der Waals surface area contributed by atoms with Crippen LogP contribution in [0, 0.1) is 12.3 Å². The van der Waals surface area contributed by atoms with E-state index >= 15 is 0 Å². The van der Waals surface area contributed by atoms with Gasteiger partial charge in [0.1, 0.15) is 0 Å². The fourth-order valence-electron chi connectivity index (χ4n) is 1.85. The Labute approximate surface area is 104 Å². The molecule has 2 nitrogen and oxygen atoms in total. The summed E-state index contributed by atoms with van der Waals surface area (Å²) in [5.41, 5.74) is 7.73. The molecule has 0 atom stereocenters. The van der Waals surface area contributed by atoms with Crippen LogP contribution in [0.25, 0.3) is 0 Å². The molecule has 0 aliphatic rings. The molecule has 0 aliphatic carbocycles. The van der Waals surface area contributed by atoms with Crippen molar-refractivity contribution in [2.24, 2.45) is 11.1 Å². The molecule has 2 N–H and O–H groups in total. The van der Waals surface area contributed by atoms with Gasteiger partial charge in [0.15, 0.2) is 5.78 Å². The summed E-state index contributed by atoms with van der Waals surface area (Å²) in [6.45, 7) is 7.05. The zero-order valence-corrected chi connectivity index (χ0v) is 11.1. The first kappa shape index (κ1) is 13.9. The first-order valence-corrected chi connectivity index (χ1v) is 6.24. The van der Waals surface area contributed by atoms with E-state index in [2.05, 4.69) is 13.8 Å². The van der Waals surface area contributed by atoms with E-state index in [1.54, 1.807) is 0 Å². The molecule has 0 fully saturated rings. The average molecular weight is 233 g/mol. The summed E-state index contributed by atoms with van der Waals surface area (Å²) >= 11 is 0. The minimum absolute atomic E-state index is 0.162. The lowest BCUT2D eigenvalue weighted by Gasteiger charge is -2.23. The van der Waals surface area contributed by atoms with E-state index in [4.69, 9.17) is 5.73 Å². The zero-order chi connectivity index (χ0) is 12.9. The Morgan fingerprint density at radius 2 is 1.76 bits per heavy atom. The highest BCUT2D eigenvalue weighted by Gasteiger charge is 2.18. The molecule has 1 aromatic rings. The predicted molar refractivity (Wildman–Crippen MR) is 72.2 cm³/mol.